The first kappa shape index (κ1) is 11.4. The van der Waals surface area contributed by atoms with E-state index in [2.05, 4.69) is 10.2 Å². The van der Waals surface area contributed by atoms with Crippen molar-refractivity contribution >= 4 is 5.91 Å². The molecule has 3 heterocycles. The van der Waals surface area contributed by atoms with Gasteiger partial charge in [0.05, 0.1) is 12.5 Å². The van der Waals surface area contributed by atoms with Gasteiger partial charge < -0.3 is 15.0 Å². The molecule has 1 N–H and O–H groups in total. The SMILES string of the molecule is O=C(C1CCOC1)N1CC(N2CCNCC2)C1. The summed E-state index contributed by atoms with van der Waals surface area (Å²) in [5, 5.41) is 3.36. The molecule has 1 atom stereocenters. The third-order valence-electron chi connectivity index (χ3n) is 4.12. The van der Waals surface area contributed by atoms with Gasteiger partial charge in [-0.05, 0) is 6.42 Å². The highest BCUT2D eigenvalue weighted by molar-refractivity contribution is 5.80. The van der Waals surface area contributed by atoms with Crippen molar-refractivity contribution in [1.82, 2.24) is 15.1 Å². The highest BCUT2D eigenvalue weighted by Crippen LogP contribution is 2.22. The summed E-state index contributed by atoms with van der Waals surface area (Å²) < 4.78 is 5.27. The Kier molecular flexibility index (Phi) is 3.31. The molecule has 0 bridgehead atoms. The minimum atomic E-state index is 0.138. The van der Waals surface area contributed by atoms with Crippen LogP contribution in [0, 0.1) is 5.92 Å². The summed E-state index contributed by atoms with van der Waals surface area (Å²) in [4.78, 5) is 16.6. The molecular weight excluding hydrogens is 218 g/mol. The lowest BCUT2D eigenvalue weighted by molar-refractivity contribution is -0.143. The smallest absolute Gasteiger partial charge is 0.228 e. The summed E-state index contributed by atoms with van der Waals surface area (Å²) in [6.07, 6.45) is 0.910. The Morgan fingerprint density at radius 2 is 2.00 bits per heavy atom. The number of piperazine rings is 1. The largest absolute Gasteiger partial charge is 0.381 e. The van der Waals surface area contributed by atoms with Crippen LogP contribution in [0.4, 0.5) is 0 Å². The fourth-order valence-electron chi connectivity index (χ4n) is 2.90. The van der Waals surface area contributed by atoms with Crippen molar-refractivity contribution in [2.45, 2.75) is 12.5 Å². The van der Waals surface area contributed by atoms with Gasteiger partial charge in [-0.15, -0.1) is 0 Å². The normalized spacial score (nSPS) is 31.5. The van der Waals surface area contributed by atoms with Gasteiger partial charge in [-0.1, -0.05) is 0 Å². The van der Waals surface area contributed by atoms with E-state index in [1.54, 1.807) is 0 Å². The van der Waals surface area contributed by atoms with E-state index < -0.39 is 0 Å². The fourth-order valence-corrected chi connectivity index (χ4v) is 2.90. The van der Waals surface area contributed by atoms with Crippen molar-refractivity contribution in [3.05, 3.63) is 0 Å². The predicted octanol–water partition coefficient (Wildman–Crippen LogP) is -0.861. The van der Waals surface area contributed by atoms with Gasteiger partial charge in [0.25, 0.3) is 0 Å². The number of likely N-dealkylation sites (tertiary alicyclic amines) is 1. The maximum Gasteiger partial charge on any atom is 0.228 e. The average molecular weight is 239 g/mol. The first-order valence-electron chi connectivity index (χ1n) is 6.66. The van der Waals surface area contributed by atoms with Gasteiger partial charge >= 0.3 is 0 Å². The average Bonchev–Trinajstić information content (AvgIpc) is 2.81. The summed E-state index contributed by atoms with van der Waals surface area (Å²) in [7, 11) is 0. The second-order valence-corrected chi connectivity index (χ2v) is 5.24. The quantitative estimate of drug-likeness (QED) is 0.681. The summed E-state index contributed by atoms with van der Waals surface area (Å²) in [5.74, 6) is 0.452. The van der Waals surface area contributed by atoms with Crippen LogP contribution in [0.25, 0.3) is 0 Å². The number of carbonyl (C=O) groups is 1. The van der Waals surface area contributed by atoms with Crippen molar-refractivity contribution in [3.63, 3.8) is 0 Å². The Labute approximate surface area is 102 Å². The van der Waals surface area contributed by atoms with E-state index in [1.165, 1.54) is 0 Å². The Balaban J connectivity index is 1.45. The fraction of sp³-hybridized carbons (Fsp3) is 0.917. The van der Waals surface area contributed by atoms with Crippen molar-refractivity contribution < 1.29 is 9.53 Å². The number of rotatable bonds is 2. The topological polar surface area (TPSA) is 44.8 Å². The Morgan fingerprint density at radius 1 is 1.24 bits per heavy atom. The van der Waals surface area contributed by atoms with Gasteiger partial charge in [-0.3, -0.25) is 9.69 Å². The maximum atomic E-state index is 12.1. The second kappa shape index (κ2) is 4.92. The van der Waals surface area contributed by atoms with Crippen molar-refractivity contribution in [2.24, 2.45) is 5.92 Å². The second-order valence-electron chi connectivity index (χ2n) is 5.24. The number of nitrogens with one attached hydrogen (secondary N) is 1. The number of hydrogen-bond donors (Lipinski definition) is 1. The molecule has 0 saturated carbocycles. The Morgan fingerprint density at radius 3 is 2.65 bits per heavy atom. The zero-order valence-electron chi connectivity index (χ0n) is 10.2. The first-order chi connectivity index (χ1) is 8.34. The summed E-state index contributed by atoms with van der Waals surface area (Å²) in [5.41, 5.74) is 0. The van der Waals surface area contributed by atoms with E-state index >= 15 is 0 Å². The molecule has 0 spiro atoms. The molecule has 17 heavy (non-hydrogen) atoms. The van der Waals surface area contributed by atoms with Gasteiger partial charge in [-0.2, -0.15) is 0 Å². The van der Waals surface area contributed by atoms with Crippen LogP contribution < -0.4 is 5.32 Å². The summed E-state index contributed by atoms with van der Waals surface area (Å²) >= 11 is 0. The number of amides is 1. The van der Waals surface area contributed by atoms with Crippen LogP contribution in [0.5, 0.6) is 0 Å². The van der Waals surface area contributed by atoms with Crippen LogP contribution in [0.1, 0.15) is 6.42 Å². The lowest BCUT2D eigenvalue weighted by atomic mass is 10.0. The molecule has 0 aromatic rings. The van der Waals surface area contributed by atoms with Crippen LogP contribution in [0.2, 0.25) is 0 Å². The van der Waals surface area contributed by atoms with E-state index in [9.17, 15) is 4.79 Å². The van der Waals surface area contributed by atoms with E-state index in [0.29, 0.717) is 18.6 Å². The number of ether oxygens (including phenoxy) is 1. The van der Waals surface area contributed by atoms with Gasteiger partial charge in [0, 0.05) is 51.9 Å². The minimum Gasteiger partial charge on any atom is -0.381 e. The number of nitrogens with zero attached hydrogens (tertiary/aromatic N) is 2. The third kappa shape index (κ3) is 2.32. The van der Waals surface area contributed by atoms with Gasteiger partial charge in [0.2, 0.25) is 5.91 Å². The van der Waals surface area contributed by atoms with E-state index in [1.807, 2.05) is 4.90 Å². The maximum absolute atomic E-state index is 12.1. The monoisotopic (exact) mass is 239 g/mol. The summed E-state index contributed by atoms with van der Waals surface area (Å²) in [6.45, 7) is 7.66. The highest BCUT2D eigenvalue weighted by atomic mass is 16.5. The molecule has 3 saturated heterocycles. The molecule has 5 heteroatoms. The van der Waals surface area contributed by atoms with Crippen LogP contribution in [-0.2, 0) is 9.53 Å². The van der Waals surface area contributed by atoms with E-state index in [4.69, 9.17) is 4.74 Å². The molecule has 5 nitrogen and oxygen atoms in total. The molecule has 96 valence electrons. The van der Waals surface area contributed by atoms with E-state index in [0.717, 1.165) is 52.3 Å². The summed E-state index contributed by atoms with van der Waals surface area (Å²) in [6, 6.07) is 0.600. The Bertz CT molecular complexity index is 279. The number of hydrogen-bond acceptors (Lipinski definition) is 4. The lowest BCUT2D eigenvalue weighted by Crippen LogP contribution is -2.64. The predicted molar refractivity (Wildman–Crippen MR) is 63.7 cm³/mol. The van der Waals surface area contributed by atoms with E-state index in [-0.39, 0.29) is 5.92 Å². The first-order valence-corrected chi connectivity index (χ1v) is 6.66. The third-order valence-corrected chi connectivity index (χ3v) is 4.12. The minimum absolute atomic E-state index is 0.138. The molecule has 0 aliphatic carbocycles. The standard InChI is InChI=1S/C12H21N3O2/c16-12(10-1-6-17-9-10)15-7-11(8-15)14-4-2-13-3-5-14/h10-11,13H,1-9H2. The number of carbonyl (C=O) groups excluding carboxylic acids is 1. The molecule has 3 aliphatic heterocycles. The Hall–Kier alpha value is -0.650. The molecule has 3 rings (SSSR count). The van der Waals surface area contributed by atoms with Crippen molar-refractivity contribution in [3.8, 4) is 0 Å². The van der Waals surface area contributed by atoms with Gasteiger partial charge in [0.1, 0.15) is 0 Å². The zero-order chi connectivity index (χ0) is 11.7. The van der Waals surface area contributed by atoms with Crippen LogP contribution in [-0.4, -0.2) is 74.2 Å². The van der Waals surface area contributed by atoms with Crippen LogP contribution in [0.3, 0.4) is 0 Å². The molecule has 3 fully saturated rings. The molecule has 1 amide bonds. The zero-order valence-corrected chi connectivity index (χ0v) is 10.2. The lowest BCUT2D eigenvalue weighted by Gasteiger charge is -2.47. The van der Waals surface area contributed by atoms with Gasteiger partial charge in [0.15, 0.2) is 0 Å². The molecule has 1 unspecified atom stereocenters. The van der Waals surface area contributed by atoms with Crippen LogP contribution in [0.15, 0.2) is 0 Å². The molecule has 3 aliphatic rings. The van der Waals surface area contributed by atoms with Crippen molar-refractivity contribution in [1.29, 1.82) is 0 Å². The molecular formula is C12H21N3O2. The molecule has 0 aromatic carbocycles. The molecule has 0 radical (unpaired) electrons. The highest BCUT2D eigenvalue weighted by Gasteiger charge is 2.38. The van der Waals surface area contributed by atoms with Gasteiger partial charge in [-0.25, -0.2) is 0 Å². The molecule has 0 aromatic heterocycles. The van der Waals surface area contributed by atoms with Crippen molar-refractivity contribution in [2.75, 3.05) is 52.5 Å². The van der Waals surface area contributed by atoms with Crippen LogP contribution >= 0.6 is 0 Å².